The highest BCUT2D eigenvalue weighted by Gasteiger charge is 2.22. The Morgan fingerprint density at radius 3 is 2.60 bits per heavy atom. The lowest BCUT2D eigenvalue weighted by Gasteiger charge is -2.19. The summed E-state index contributed by atoms with van der Waals surface area (Å²) in [5, 5.41) is 4.48. The summed E-state index contributed by atoms with van der Waals surface area (Å²) in [7, 11) is -3.68. The van der Waals surface area contributed by atoms with Gasteiger partial charge in [-0.15, -0.1) is 0 Å². The van der Waals surface area contributed by atoms with Crippen molar-refractivity contribution in [3.8, 4) is 11.5 Å². The number of aromatic nitrogens is 2. The Kier molecular flexibility index (Phi) is 5.04. The quantitative estimate of drug-likeness (QED) is 0.643. The number of benzene rings is 2. The average molecular weight is 430 g/mol. The second-order valence-corrected chi connectivity index (χ2v) is 8.51. The molecule has 0 fully saturated rings. The minimum atomic E-state index is -3.68. The molecule has 0 unspecified atom stereocenters. The third-order valence-corrected chi connectivity index (χ3v) is 5.28. The maximum atomic E-state index is 12.4. The number of hydrogen-bond acceptors (Lipinski definition) is 7. The monoisotopic (exact) mass is 430 g/mol. The Morgan fingerprint density at radius 1 is 1.10 bits per heavy atom. The fourth-order valence-electron chi connectivity index (χ4n) is 3.08. The molecule has 2 heterocycles. The van der Waals surface area contributed by atoms with Crippen molar-refractivity contribution in [2.45, 2.75) is 11.7 Å². The number of imide groups is 1. The SMILES string of the molecule is CS(=O)(=O)c1nc2ccccc2n1CC(=O)NC(=O)Nc1ccc2c(c1)OCCO2. The molecule has 1 aliphatic rings. The summed E-state index contributed by atoms with van der Waals surface area (Å²) in [5.41, 5.74) is 1.32. The molecule has 10 nitrogen and oxygen atoms in total. The Bertz CT molecular complexity index is 1250. The van der Waals surface area contributed by atoms with E-state index in [2.05, 4.69) is 15.6 Å². The van der Waals surface area contributed by atoms with Crippen LogP contribution < -0.4 is 20.1 Å². The summed E-state index contributed by atoms with van der Waals surface area (Å²) >= 11 is 0. The lowest BCUT2D eigenvalue weighted by atomic mass is 10.2. The molecule has 1 aromatic heterocycles. The number of carbonyl (C=O) groups is 2. The molecule has 2 N–H and O–H groups in total. The Labute approximate surface area is 171 Å². The molecule has 30 heavy (non-hydrogen) atoms. The fraction of sp³-hybridized carbons (Fsp3) is 0.211. The molecule has 3 amide bonds. The van der Waals surface area contributed by atoms with Crippen LogP contribution in [0.2, 0.25) is 0 Å². The van der Waals surface area contributed by atoms with Gasteiger partial charge in [-0.2, -0.15) is 0 Å². The molecule has 0 saturated heterocycles. The van der Waals surface area contributed by atoms with Gasteiger partial charge < -0.3 is 19.4 Å². The number of sulfone groups is 1. The Morgan fingerprint density at radius 2 is 1.83 bits per heavy atom. The maximum absolute atomic E-state index is 12.4. The summed E-state index contributed by atoms with van der Waals surface area (Å²) in [6, 6.07) is 10.8. The molecule has 0 radical (unpaired) electrons. The third kappa shape index (κ3) is 4.06. The van der Waals surface area contributed by atoms with E-state index < -0.39 is 28.3 Å². The molecule has 0 saturated carbocycles. The van der Waals surface area contributed by atoms with Crippen molar-refractivity contribution in [1.29, 1.82) is 0 Å². The second kappa shape index (κ2) is 7.67. The number of ether oxygens (including phenoxy) is 2. The lowest BCUT2D eigenvalue weighted by molar-refractivity contribution is -0.120. The normalized spacial score (nSPS) is 13.1. The van der Waals surface area contributed by atoms with E-state index in [9.17, 15) is 18.0 Å². The van der Waals surface area contributed by atoms with Gasteiger partial charge in [0.05, 0.1) is 11.0 Å². The van der Waals surface area contributed by atoms with Crippen molar-refractivity contribution in [2.24, 2.45) is 0 Å². The molecular formula is C19H18N4O6S. The number of carbonyl (C=O) groups excluding carboxylic acids is 2. The topological polar surface area (TPSA) is 129 Å². The number of amides is 3. The molecule has 0 spiro atoms. The summed E-state index contributed by atoms with van der Waals surface area (Å²) in [6.45, 7) is 0.466. The van der Waals surface area contributed by atoms with Crippen LogP contribution in [0.4, 0.5) is 10.5 Å². The summed E-state index contributed by atoms with van der Waals surface area (Å²) in [6.07, 6.45) is 1.01. The van der Waals surface area contributed by atoms with E-state index in [1.54, 1.807) is 42.5 Å². The van der Waals surface area contributed by atoms with Gasteiger partial charge in [-0.1, -0.05) is 12.1 Å². The number of fused-ring (bicyclic) bond motifs is 2. The van der Waals surface area contributed by atoms with Gasteiger partial charge in [0.2, 0.25) is 20.9 Å². The van der Waals surface area contributed by atoms with Crippen LogP contribution in [0.1, 0.15) is 0 Å². The highest BCUT2D eigenvalue weighted by molar-refractivity contribution is 7.90. The van der Waals surface area contributed by atoms with Crippen molar-refractivity contribution in [3.05, 3.63) is 42.5 Å². The molecule has 0 bridgehead atoms. The van der Waals surface area contributed by atoms with Gasteiger partial charge in [-0.05, 0) is 24.3 Å². The largest absolute Gasteiger partial charge is 0.486 e. The van der Waals surface area contributed by atoms with Crippen molar-refractivity contribution in [3.63, 3.8) is 0 Å². The minimum Gasteiger partial charge on any atom is -0.486 e. The van der Waals surface area contributed by atoms with Gasteiger partial charge in [-0.3, -0.25) is 10.1 Å². The number of para-hydroxylation sites is 2. The number of anilines is 1. The van der Waals surface area contributed by atoms with E-state index in [0.29, 0.717) is 41.4 Å². The zero-order valence-corrected chi connectivity index (χ0v) is 16.7. The van der Waals surface area contributed by atoms with Crippen LogP contribution in [-0.2, 0) is 21.2 Å². The van der Waals surface area contributed by atoms with Crippen LogP contribution in [0.15, 0.2) is 47.6 Å². The van der Waals surface area contributed by atoms with Gasteiger partial charge in [0.1, 0.15) is 19.8 Å². The zero-order valence-electron chi connectivity index (χ0n) is 15.9. The van der Waals surface area contributed by atoms with Gasteiger partial charge in [0.25, 0.3) is 0 Å². The van der Waals surface area contributed by atoms with Crippen LogP contribution in [0, 0.1) is 0 Å². The average Bonchev–Trinajstić information content (AvgIpc) is 3.06. The van der Waals surface area contributed by atoms with Gasteiger partial charge >= 0.3 is 6.03 Å². The predicted molar refractivity (Wildman–Crippen MR) is 107 cm³/mol. The van der Waals surface area contributed by atoms with Crippen LogP contribution in [-0.4, -0.2) is 49.4 Å². The highest BCUT2D eigenvalue weighted by Crippen LogP contribution is 2.32. The van der Waals surface area contributed by atoms with Crippen molar-refractivity contribution < 1.29 is 27.5 Å². The van der Waals surface area contributed by atoms with Crippen molar-refractivity contribution in [1.82, 2.24) is 14.9 Å². The Balaban J connectivity index is 1.48. The van der Waals surface area contributed by atoms with E-state index in [1.165, 1.54) is 4.57 Å². The Hall–Kier alpha value is -3.60. The van der Waals surface area contributed by atoms with E-state index >= 15 is 0 Å². The first kappa shape index (κ1) is 19.7. The molecule has 3 aromatic rings. The zero-order chi connectivity index (χ0) is 21.3. The molecule has 4 rings (SSSR count). The van der Waals surface area contributed by atoms with E-state index in [0.717, 1.165) is 6.26 Å². The van der Waals surface area contributed by atoms with Crippen molar-refractivity contribution in [2.75, 3.05) is 24.8 Å². The number of urea groups is 1. The molecule has 1 aliphatic heterocycles. The smallest absolute Gasteiger partial charge is 0.325 e. The summed E-state index contributed by atoms with van der Waals surface area (Å²) < 4.78 is 36.3. The maximum Gasteiger partial charge on any atom is 0.325 e. The second-order valence-electron chi connectivity index (χ2n) is 6.60. The molecule has 0 aliphatic carbocycles. The predicted octanol–water partition coefficient (Wildman–Crippen LogP) is 1.56. The number of nitrogens with zero attached hydrogens (tertiary/aromatic N) is 2. The van der Waals surface area contributed by atoms with E-state index in [4.69, 9.17) is 9.47 Å². The molecular weight excluding hydrogens is 412 g/mol. The first-order valence-electron chi connectivity index (χ1n) is 8.97. The highest BCUT2D eigenvalue weighted by atomic mass is 32.2. The van der Waals surface area contributed by atoms with Gasteiger partial charge in [0, 0.05) is 18.0 Å². The van der Waals surface area contributed by atoms with Gasteiger partial charge in [0.15, 0.2) is 11.5 Å². The summed E-state index contributed by atoms with van der Waals surface area (Å²) in [4.78, 5) is 28.7. The van der Waals surface area contributed by atoms with Crippen LogP contribution in [0.3, 0.4) is 0 Å². The molecule has 156 valence electrons. The molecule has 11 heteroatoms. The fourth-order valence-corrected chi connectivity index (χ4v) is 3.91. The van der Waals surface area contributed by atoms with Crippen molar-refractivity contribution >= 4 is 38.5 Å². The third-order valence-electron chi connectivity index (χ3n) is 4.31. The minimum absolute atomic E-state index is 0.244. The van der Waals surface area contributed by atoms with Crippen LogP contribution >= 0.6 is 0 Å². The van der Waals surface area contributed by atoms with Crippen LogP contribution in [0.5, 0.6) is 11.5 Å². The van der Waals surface area contributed by atoms with Gasteiger partial charge in [-0.25, -0.2) is 18.2 Å². The molecule has 0 atom stereocenters. The standard InChI is InChI=1S/C19H18N4O6S/c1-30(26,27)19-21-13-4-2-3-5-14(13)23(19)11-17(24)22-18(25)20-12-6-7-15-16(10-12)29-9-8-28-15/h2-7,10H,8-9,11H2,1H3,(H2,20,22,24,25). The lowest BCUT2D eigenvalue weighted by Crippen LogP contribution is -2.37. The first-order valence-corrected chi connectivity index (χ1v) is 10.9. The first-order chi connectivity index (χ1) is 14.3. The molecule has 2 aromatic carbocycles. The van der Waals surface area contributed by atoms with Crippen LogP contribution in [0.25, 0.3) is 11.0 Å². The van der Waals surface area contributed by atoms with E-state index in [-0.39, 0.29) is 5.16 Å². The van der Waals surface area contributed by atoms with E-state index in [1.807, 2.05) is 0 Å². The number of rotatable bonds is 4. The number of hydrogen-bond donors (Lipinski definition) is 2. The number of imidazole rings is 1. The number of nitrogens with one attached hydrogen (secondary N) is 2. The summed E-state index contributed by atoms with van der Waals surface area (Å²) in [5.74, 6) is 0.370.